The first-order chi connectivity index (χ1) is 10.6. The van der Waals surface area contributed by atoms with Crippen molar-refractivity contribution >= 4 is 29.1 Å². The highest BCUT2D eigenvalue weighted by molar-refractivity contribution is 6.33. The number of amides is 2. The van der Waals surface area contributed by atoms with Crippen LogP contribution in [0.2, 0.25) is 5.02 Å². The lowest BCUT2D eigenvalue weighted by Crippen LogP contribution is -2.50. The van der Waals surface area contributed by atoms with Gasteiger partial charge in [-0.2, -0.15) is 0 Å². The average Bonchev–Trinajstić information content (AvgIpc) is 2.87. The number of carbonyl (C=O) groups is 2. The van der Waals surface area contributed by atoms with Crippen LogP contribution in [0.25, 0.3) is 0 Å². The minimum atomic E-state index is -0.187. The van der Waals surface area contributed by atoms with E-state index >= 15 is 0 Å². The van der Waals surface area contributed by atoms with Gasteiger partial charge >= 0.3 is 0 Å². The first kappa shape index (κ1) is 15.1. The molecule has 1 aromatic heterocycles. The standard InChI is InChI=1S/C15H19ClN4O2/c1-18-10-11(8-14(18)21)15(22)20-6-4-19(5-7-20)13-2-3-17-9-12(13)16/h2-3,9,11H,4-8,10H2,1H3/t11-/m1/s1. The number of likely N-dealkylation sites (tertiary alicyclic amines) is 1. The van der Waals surface area contributed by atoms with Gasteiger partial charge in [0.05, 0.1) is 16.6 Å². The zero-order valence-corrected chi connectivity index (χ0v) is 13.3. The molecule has 6 nitrogen and oxygen atoms in total. The molecule has 0 aliphatic carbocycles. The van der Waals surface area contributed by atoms with Crippen molar-refractivity contribution in [3.05, 3.63) is 23.5 Å². The molecule has 2 fully saturated rings. The highest BCUT2D eigenvalue weighted by Gasteiger charge is 2.35. The summed E-state index contributed by atoms with van der Waals surface area (Å²) in [5.41, 5.74) is 0.958. The molecule has 0 bridgehead atoms. The number of carbonyl (C=O) groups excluding carboxylic acids is 2. The molecule has 0 saturated carbocycles. The number of pyridine rings is 1. The Morgan fingerprint density at radius 2 is 2.05 bits per heavy atom. The Labute approximate surface area is 134 Å². The monoisotopic (exact) mass is 322 g/mol. The zero-order chi connectivity index (χ0) is 15.7. The summed E-state index contributed by atoms with van der Waals surface area (Å²) >= 11 is 6.16. The maximum absolute atomic E-state index is 12.5. The first-order valence-corrected chi connectivity index (χ1v) is 7.81. The van der Waals surface area contributed by atoms with Gasteiger partial charge in [-0.1, -0.05) is 11.6 Å². The third-order valence-electron chi connectivity index (χ3n) is 4.37. The summed E-state index contributed by atoms with van der Waals surface area (Å²) in [6, 6.07) is 1.89. The van der Waals surface area contributed by atoms with Crippen molar-refractivity contribution in [3.8, 4) is 0 Å². The minimum Gasteiger partial charge on any atom is -0.367 e. The highest BCUT2D eigenvalue weighted by atomic mass is 35.5. The predicted octanol–water partition coefficient (Wildman–Crippen LogP) is 0.862. The number of hydrogen-bond donors (Lipinski definition) is 0. The van der Waals surface area contributed by atoms with Crippen LogP contribution in [-0.2, 0) is 9.59 Å². The summed E-state index contributed by atoms with van der Waals surface area (Å²) in [7, 11) is 1.75. The molecule has 0 unspecified atom stereocenters. The number of anilines is 1. The fourth-order valence-corrected chi connectivity index (χ4v) is 3.32. The molecule has 0 radical (unpaired) electrons. The SMILES string of the molecule is CN1C[C@H](C(=O)N2CCN(c3ccncc3Cl)CC2)CC1=O. The molecule has 1 atom stereocenters. The van der Waals surface area contributed by atoms with Crippen molar-refractivity contribution in [3.63, 3.8) is 0 Å². The Bertz CT molecular complexity index is 587. The smallest absolute Gasteiger partial charge is 0.228 e. The largest absolute Gasteiger partial charge is 0.367 e. The fraction of sp³-hybridized carbons (Fsp3) is 0.533. The maximum Gasteiger partial charge on any atom is 0.228 e. The second-order valence-electron chi connectivity index (χ2n) is 5.81. The number of halogens is 1. The minimum absolute atomic E-state index is 0.0561. The summed E-state index contributed by atoms with van der Waals surface area (Å²) in [5, 5.41) is 0.630. The predicted molar refractivity (Wildman–Crippen MR) is 83.8 cm³/mol. The lowest BCUT2D eigenvalue weighted by atomic mass is 10.1. The molecule has 22 heavy (non-hydrogen) atoms. The second-order valence-corrected chi connectivity index (χ2v) is 6.22. The van der Waals surface area contributed by atoms with E-state index < -0.39 is 0 Å². The number of piperazine rings is 1. The van der Waals surface area contributed by atoms with Gasteiger partial charge in [0.1, 0.15) is 0 Å². The van der Waals surface area contributed by atoms with Crippen LogP contribution in [0.15, 0.2) is 18.5 Å². The van der Waals surface area contributed by atoms with E-state index in [2.05, 4.69) is 9.88 Å². The van der Waals surface area contributed by atoms with Crippen LogP contribution in [0, 0.1) is 5.92 Å². The Kier molecular flexibility index (Phi) is 4.20. The molecule has 2 aliphatic rings. The summed E-state index contributed by atoms with van der Waals surface area (Å²) in [4.78, 5) is 33.7. The van der Waals surface area contributed by atoms with Gasteiger partial charge < -0.3 is 14.7 Å². The summed E-state index contributed by atoms with van der Waals surface area (Å²) in [5.74, 6) is -0.0349. The van der Waals surface area contributed by atoms with Gasteiger partial charge in [0, 0.05) is 58.6 Å². The molecule has 2 amide bonds. The van der Waals surface area contributed by atoms with E-state index in [9.17, 15) is 9.59 Å². The summed E-state index contributed by atoms with van der Waals surface area (Å²) < 4.78 is 0. The Hall–Kier alpha value is -1.82. The van der Waals surface area contributed by atoms with Crippen molar-refractivity contribution in [2.75, 3.05) is 44.7 Å². The normalized spacial score (nSPS) is 22.4. The second kappa shape index (κ2) is 6.12. The van der Waals surface area contributed by atoms with E-state index in [4.69, 9.17) is 11.6 Å². The van der Waals surface area contributed by atoms with E-state index in [0.717, 1.165) is 18.8 Å². The maximum atomic E-state index is 12.5. The van der Waals surface area contributed by atoms with Gasteiger partial charge in [-0.15, -0.1) is 0 Å². The van der Waals surface area contributed by atoms with Crippen molar-refractivity contribution in [1.29, 1.82) is 0 Å². The van der Waals surface area contributed by atoms with Gasteiger partial charge in [-0.25, -0.2) is 0 Å². The number of hydrogen-bond acceptors (Lipinski definition) is 4. The molecule has 0 spiro atoms. The molecular weight excluding hydrogens is 304 g/mol. The average molecular weight is 323 g/mol. The quantitative estimate of drug-likeness (QED) is 0.810. The van der Waals surface area contributed by atoms with Gasteiger partial charge in [0.2, 0.25) is 11.8 Å². The summed E-state index contributed by atoms with van der Waals surface area (Å²) in [6.45, 7) is 3.34. The van der Waals surface area contributed by atoms with E-state index in [1.54, 1.807) is 24.3 Å². The van der Waals surface area contributed by atoms with Crippen LogP contribution in [-0.4, -0.2) is 66.4 Å². The van der Waals surface area contributed by atoms with E-state index in [0.29, 0.717) is 31.1 Å². The van der Waals surface area contributed by atoms with Crippen LogP contribution < -0.4 is 4.90 Å². The van der Waals surface area contributed by atoms with E-state index in [1.807, 2.05) is 11.0 Å². The lowest BCUT2D eigenvalue weighted by Gasteiger charge is -2.37. The Morgan fingerprint density at radius 1 is 1.32 bits per heavy atom. The molecule has 2 aliphatic heterocycles. The van der Waals surface area contributed by atoms with Gasteiger partial charge in [-0.05, 0) is 6.07 Å². The number of nitrogens with zero attached hydrogens (tertiary/aromatic N) is 4. The molecule has 2 saturated heterocycles. The first-order valence-electron chi connectivity index (χ1n) is 7.43. The number of rotatable bonds is 2. The van der Waals surface area contributed by atoms with Crippen molar-refractivity contribution in [2.45, 2.75) is 6.42 Å². The van der Waals surface area contributed by atoms with Crippen molar-refractivity contribution in [1.82, 2.24) is 14.8 Å². The Morgan fingerprint density at radius 3 is 2.64 bits per heavy atom. The summed E-state index contributed by atoms with van der Waals surface area (Å²) in [6.07, 6.45) is 3.69. The third kappa shape index (κ3) is 2.88. The Balaban J connectivity index is 1.59. The van der Waals surface area contributed by atoms with Gasteiger partial charge in [-0.3, -0.25) is 14.6 Å². The van der Waals surface area contributed by atoms with Crippen LogP contribution in [0.5, 0.6) is 0 Å². The fourth-order valence-electron chi connectivity index (χ4n) is 3.08. The van der Waals surface area contributed by atoms with Gasteiger partial charge in [0.15, 0.2) is 0 Å². The zero-order valence-electron chi connectivity index (χ0n) is 12.5. The molecule has 3 rings (SSSR count). The lowest BCUT2D eigenvalue weighted by molar-refractivity contribution is -0.136. The molecular formula is C15H19ClN4O2. The van der Waals surface area contributed by atoms with Crippen LogP contribution >= 0.6 is 11.6 Å². The molecule has 1 aromatic rings. The van der Waals surface area contributed by atoms with Crippen LogP contribution in [0.3, 0.4) is 0 Å². The van der Waals surface area contributed by atoms with E-state index in [-0.39, 0.29) is 17.7 Å². The topological polar surface area (TPSA) is 56.8 Å². The molecule has 118 valence electrons. The van der Waals surface area contributed by atoms with Crippen molar-refractivity contribution < 1.29 is 9.59 Å². The number of aromatic nitrogens is 1. The highest BCUT2D eigenvalue weighted by Crippen LogP contribution is 2.26. The molecule has 0 N–H and O–H groups in total. The molecule has 0 aromatic carbocycles. The third-order valence-corrected chi connectivity index (χ3v) is 4.66. The molecule has 7 heteroatoms. The van der Waals surface area contributed by atoms with E-state index in [1.165, 1.54) is 0 Å². The van der Waals surface area contributed by atoms with Gasteiger partial charge in [0.25, 0.3) is 0 Å². The molecule has 3 heterocycles. The van der Waals surface area contributed by atoms with Crippen molar-refractivity contribution in [2.24, 2.45) is 5.92 Å². The van der Waals surface area contributed by atoms with Crippen LogP contribution in [0.4, 0.5) is 5.69 Å². The van der Waals surface area contributed by atoms with Crippen LogP contribution in [0.1, 0.15) is 6.42 Å².